The molecule has 0 fully saturated rings. The minimum atomic E-state index is -0.398. The minimum absolute atomic E-state index is 0.0101. The fourth-order valence-electron chi connectivity index (χ4n) is 1.01. The summed E-state index contributed by atoms with van der Waals surface area (Å²) in [7, 11) is 1.31. The molecule has 0 aromatic carbocycles. The number of urea groups is 1. The van der Waals surface area contributed by atoms with E-state index < -0.39 is 5.97 Å². The van der Waals surface area contributed by atoms with Crippen LogP contribution in [0.3, 0.4) is 0 Å². The van der Waals surface area contributed by atoms with Gasteiger partial charge in [-0.1, -0.05) is 6.92 Å². The van der Waals surface area contributed by atoms with Gasteiger partial charge < -0.3 is 15.0 Å². The molecule has 2 amide bonds. The van der Waals surface area contributed by atoms with Crippen LogP contribution in [0.1, 0.15) is 20.3 Å². The number of nitrogens with zero attached hydrogens (tertiary/aromatic N) is 1. The van der Waals surface area contributed by atoms with Gasteiger partial charge in [0.05, 0.1) is 7.11 Å². The Bertz CT molecular complexity index is 194. The summed E-state index contributed by atoms with van der Waals surface area (Å²) in [6, 6.07) is -0.222. The second-order valence-corrected chi connectivity index (χ2v) is 2.83. The van der Waals surface area contributed by atoms with Gasteiger partial charge in [0.25, 0.3) is 0 Å². The van der Waals surface area contributed by atoms with Crippen molar-refractivity contribution in [3.63, 3.8) is 0 Å². The fourth-order valence-corrected chi connectivity index (χ4v) is 1.01. The summed E-state index contributed by atoms with van der Waals surface area (Å²) in [4.78, 5) is 23.8. The Labute approximate surface area is 84.4 Å². The maximum atomic E-state index is 11.4. The predicted octanol–water partition coefficient (Wildman–Crippen LogP) is 0.601. The van der Waals surface area contributed by atoms with Gasteiger partial charge in [0.1, 0.15) is 6.54 Å². The number of amides is 2. The average Bonchev–Trinajstić information content (AvgIpc) is 2.17. The normalized spacial score (nSPS) is 9.36. The number of esters is 1. The van der Waals surface area contributed by atoms with Crippen LogP contribution in [0.15, 0.2) is 0 Å². The first kappa shape index (κ1) is 12.7. The summed E-state index contributed by atoms with van der Waals surface area (Å²) in [5.74, 6) is -0.398. The molecule has 0 aliphatic heterocycles. The molecule has 0 aromatic heterocycles. The van der Waals surface area contributed by atoms with Crippen molar-refractivity contribution >= 4 is 12.0 Å². The van der Waals surface area contributed by atoms with Crippen LogP contribution in [-0.4, -0.2) is 43.6 Å². The maximum Gasteiger partial charge on any atom is 0.325 e. The van der Waals surface area contributed by atoms with E-state index in [4.69, 9.17) is 0 Å². The highest BCUT2D eigenvalue weighted by molar-refractivity contribution is 5.80. The molecule has 1 N–H and O–H groups in total. The third-order valence-electron chi connectivity index (χ3n) is 1.66. The lowest BCUT2D eigenvalue weighted by Gasteiger charge is -2.20. The SMILES string of the molecule is CCCN(CC(=O)OC)C(=O)NCC. The van der Waals surface area contributed by atoms with Crippen LogP contribution < -0.4 is 5.32 Å². The Balaban J connectivity index is 4.13. The first-order chi connectivity index (χ1) is 6.65. The molecule has 0 radical (unpaired) electrons. The molecular weight excluding hydrogens is 184 g/mol. The molecule has 0 saturated carbocycles. The van der Waals surface area contributed by atoms with Crippen molar-refractivity contribution in [2.75, 3.05) is 26.7 Å². The zero-order chi connectivity index (χ0) is 11.0. The summed E-state index contributed by atoms with van der Waals surface area (Å²) < 4.78 is 4.49. The highest BCUT2D eigenvalue weighted by Crippen LogP contribution is 1.93. The van der Waals surface area contributed by atoms with Crippen molar-refractivity contribution in [3.8, 4) is 0 Å². The van der Waals surface area contributed by atoms with Gasteiger partial charge in [-0.15, -0.1) is 0 Å². The summed E-state index contributed by atoms with van der Waals surface area (Å²) in [5, 5.41) is 2.64. The number of nitrogens with one attached hydrogen (secondary N) is 1. The number of carbonyl (C=O) groups excluding carboxylic acids is 2. The van der Waals surface area contributed by atoms with Gasteiger partial charge in [0.15, 0.2) is 0 Å². The number of carbonyl (C=O) groups is 2. The molecule has 0 unspecified atom stereocenters. The molecule has 0 bridgehead atoms. The lowest BCUT2D eigenvalue weighted by Crippen LogP contribution is -2.43. The van der Waals surface area contributed by atoms with Crippen LogP contribution >= 0.6 is 0 Å². The van der Waals surface area contributed by atoms with E-state index in [-0.39, 0.29) is 12.6 Å². The van der Waals surface area contributed by atoms with Crippen molar-refractivity contribution in [3.05, 3.63) is 0 Å². The zero-order valence-electron chi connectivity index (χ0n) is 9.00. The van der Waals surface area contributed by atoms with Crippen LogP contribution in [0, 0.1) is 0 Å². The van der Waals surface area contributed by atoms with Crippen LogP contribution in [0.25, 0.3) is 0 Å². The quantitative estimate of drug-likeness (QED) is 0.664. The van der Waals surface area contributed by atoms with Gasteiger partial charge in [0, 0.05) is 13.1 Å². The first-order valence-electron chi connectivity index (χ1n) is 4.75. The minimum Gasteiger partial charge on any atom is -0.468 e. The molecule has 0 spiro atoms. The Morgan fingerprint density at radius 1 is 1.36 bits per heavy atom. The number of hydrogen-bond donors (Lipinski definition) is 1. The summed E-state index contributed by atoms with van der Waals surface area (Å²) in [5.41, 5.74) is 0. The molecule has 0 atom stereocenters. The van der Waals surface area contributed by atoms with E-state index in [0.717, 1.165) is 6.42 Å². The highest BCUT2D eigenvalue weighted by atomic mass is 16.5. The Morgan fingerprint density at radius 3 is 2.43 bits per heavy atom. The van der Waals surface area contributed by atoms with Crippen LogP contribution in [-0.2, 0) is 9.53 Å². The number of rotatable bonds is 5. The lowest BCUT2D eigenvalue weighted by molar-refractivity contribution is -0.141. The molecule has 0 rings (SSSR count). The van der Waals surface area contributed by atoms with Crippen molar-refractivity contribution in [1.82, 2.24) is 10.2 Å². The maximum absolute atomic E-state index is 11.4. The van der Waals surface area contributed by atoms with Gasteiger partial charge in [-0.3, -0.25) is 4.79 Å². The zero-order valence-corrected chi connectivity index (χ0v) is 9.00. The second-order valence-electron chi connectivity index (χ2n) is 2.83. The van der Waals surface area contributed by atoms with E-state index in [9.17, 15) is 9.59 Å². The number of methoxy groups -OCH3 is 1. The summed E-state index contributed by atoms with van der Waals surface area (Å²) in [6.45, 7) is 4.90. The van der Waals surface area contributed by atoms with Gasteiger partial charge in [-0.2, -0.15) is 0 Å². The molecular formula is C9H18N2O3. The standard InChI is InChI=1S/C9H18N2O3/c1-4-6-11(7-8(12)14-3)9(13)10-5-2/h4-7H2,1-3H3,(H,10,13). The van der Waals surface area contributed by atoms with E-state index >= 15 is 0 Å². The molecule has 0 heterocycles. The van der Waals surface area contributed by atoms with Gasteiger partial charge in [-0.05, 0) is 13.3 Å². The lowest BCUT2D eigenvalue weighted by atomic mass is 10.4. The smallest absolute Gasteiger partial charge is 0.325 e. The first-order valence-corrected chi connectivity index (χ1v) is 4.75. The van der Waals surface area contributed by atoms with E-state index in [1.54, 1.807) is 0 Å². The Morgan fingerprint density at radius 2 is 2.00 bits per heavy atom. The monoisotopic (exact) mass is 202 g/mol. The Hall–Kier alpha value is -1.26. The molecule has 5 heteroatoms. The van der Waals surface area contributed by atoms with Crippen molar-refractivity contribution < 1.29 is 14.3 Å². The summed E-state index contributed by atoms with van der Waals surface area (Å²) >= 11 is 0. The van der Waals surface area contributed by atoms with Crippen molar-refractivity contribution in [2.45, 2.75) is 20.3 Å². The van der Waals surface area contributed by atoms with Gasteiger partial charge in [-0.25, -0.2) is 4.79 Å². The van der Waals surface area contributed by atoms with Crippen LogP contribution in [0.4, 0.5) is 4.79 Å². The molecule has 0 aliphatic carbocycles. The van der Waals surface area contributed by atoms with Crippen molar-refractivity contribution in [1.29, 1.82) is 0 Å². The molecule has 0 saturated heterocycles. The van der Waals surface area contributed by atoms with E-state index in [0.29, 0.717) is 13.1 Å². The molecule has 5 nitrogen and oxygen atoms in total. The average molecular weight is 202 g/mol. The fraction of sp³-hybridized carbons (Fsp3) is 0.778. The molecule has 14 heavy (non-hydrogen) atoms. The van der Waals surface area contributed by atoms with E-state index in [1.165, 1.54) is 12.0 Å². The molecule has 0 aliphatic rings. The topological polar surface area (TPSA) is 58.6 Å². The third-order valence-corrected chi connectivity index (χ3v) is 1.66. The Kier molecular flexibility index (Phi) is 6.53. The van der Waals surface area contributed by atoms with Gasteiger partial charge >= 0.3 is 12.0 Å². The molecule has 82 valence electrons. The van der Waals surface area contributed by atoms with E-state index in [2.05, 4.69) is 10.1 Å². The van der Waals surface area contributed by atoms with Gasteiger partial charge in [0.2, 0.25) is 0 Å². The summed E-state index contributed by atoms with van der Waals surface area (Å²) in [6.07, 6.45) is 0.814. The van der Waals surface area contributed by atoms with Crippen molar-refractivity contribution in [2.24, 2.45) is 0 Å². The van der Waals surface area contributed by atoms with Crippen LogP contribution in [0.5, 0.6) is 0 Å². The number of ether oxygens (including phenoxy) is 1. The molecule has 0 aromatic rings. The van der Waals surface area contributed by atoms with Crippen LogP contribution in [0.2, 0.25) is 0 Å². The largest absolute Gasteiger partial charge is 0.468 e. The third kappa shape index (κ3) is 4.69. The highest BCUT2D eigenvalue weighted by Gasteiger charge is 2.15. The van der Waals surface area contributed by atoms with E-state index in [1.807, 2.05) is 13.8 Å². The number of hydrogen-bond acceptors (Lipinski definition) is 3. The predicted molar refractivity (Wildman–Crippen MR) is 53.0 cm³/mol. The second kappa shape index (κ2) is 7.17.